The number of amides is 3. The Morgan fingerprint density at radius 3 is 2.43 bits per heavy atom. The quantitative estimate of drug-likeness (QED) is 0.777. The zero-order valence-corrected chi connectivity index (χ0v) is 16.1. The van der Waals surface area contributed by atoms with Crippen molar-refractivity contribution in [2.75, 3.05) is 25.4 Å². The Hall–Kier alpha value is -2.80. The van der Waals surface area contributed by atoms with Crippen molar-refractivity contribution in [2.24, 2.45) is 0 Å². The Morgan fingerprint density at radius 2 is 1.75 bits per heavy atom. The van der Waals surface area contributed by atoms with Crippen LogP contribution in [0.3, 0.4) is 0 Å². The fourth-order valence-corrected chi connectivity index (χ4v) is 4.28. The van der Waals surface area contributed by atoms with Gasteiger partial charge in [-0.25, -0.2) is 0 Å². The van der Waals surface area contributed by atoms with E-state index < -0.39 is 0 Å². The predicted octanol–water partition coefficient (Wildman–Crippen LogP) is 3.03. The molecule has 0 saturated carbocycles. The molecule has 0 radical (unpaired) electrons. The first-order chi connectivity index (χ1) is 13.6. The summed E-state index contributed by atoms with van der Waals surface area (Å²) in [6, 6.07) is 17.4. The standard InChI is InChI=1S/C21H20N2O4S/c24-19(22-11-10-17(12-22)23-20(25)14-28-21(23)26)13-27-18-8-6-16(7-9-18)15-4-2-1-3-5-15/h1-9,17H,10-14H2. The highest BCUT2D eigenvalue weighted by Gasteiger charge is 2.40. The van der Waals surface area contributed by atoms with Gasteiger partial charge in [0.25, 0.3) is 11.1 Å². The monoisotopic (exact) mass is 396 g/mol. The van der Waals surface area contributed by atoms with Gasteiger partial charge in [0.15, 0.2) is 6.61 Å². The smallest absolute Gasteiger partial charge is 0.289 e. The van der Waals surface area contributed by atoms with Crippen LogP contribution < -0.4 is 4.74 Å². The molecule has 2 aromatic rings. The molecule has 0 spiro atoms. The van der Waals surface area contributed by atoms with Crippen molar-refractivity contribution >= 4 is 28.8 Å². The van der Waals surface area contributed by atoms with E-state index in [0.717, 1.165) is 22.9 Å². The Kier molecular flexibility index (Phi) is 5.34. The fourth-order valence-electron chi connectivity index (χ4n) is 3.51. The molecule has 3 amide bonds. The minimum Gasteiger partial charge on any atom is -0.484 e. The molecule has 2 aromatic carbocycles. The maximum Gasteiger partial charge on any atom is 0.289 e. The third-order valence-corrected chi connectivity index (χ3v) is 5.82. The molecule has 0 aliphatic carbocycles. The second-order valence-electron chi connectivity index (χ2n) is 6.78. The van der Waals surface area contributed by atoms with Gasteiger partial charge in [0.2, 0.25) is 5.91 Å². The van der Waals surface area contributed by atoms with Crippen LogP contribution in [0.2, 0.25) is 0 Å². The van der Waals surface area contributed by atoms with E-state index in [1.54, 1.807) is 4.90 Å². The molecule has 28 heavy (non-hydrogen) atoms. The zero-order valence-electron chi connectivity index (χ0n) is 15.2. The number of hydrogen-bond acceptors (Lipinski definition) is 5. The Balaban J connectivity index is 1.30. The highest BCUT2D eigenvalue weighted by atomic mass is 32.2. The molecule has 6 nitrogen and oxygen atoms in total. The number of ether oxygens (including phenoxy) is 1. The van der Waals surface area contributed by atoms with Crippen LogP contribution in [0, 0.1) is 0 Å². The molecule has 144 valence electrons. The largest absolute Gasteiger partial charge is 0.484 e. The second-order valence-corrected chi connectivity index (χ2v) is 7.71. The average Bonchev–Trinajstić information content (AvgIpc) is 3.33. The molecule has 2 fully saturated rings. The molecule has 1 unspecified atom stereocenters. The van der Waals surface area contributed by atoms with E-state index in [2.05, 4.69) is 0 Å². The molecular weight excluding hydrogens is 376 g/mol. The number of likely N-dealkylation sites (tertiary alicyclic amines) is 1. The number of carbonyl (C=O) groups is 3. The highest BCUT2D eigenvalue weighted by Crippen LogP contribution is 2.26. The van der Waals surface area contributed by atoms with Gasteiger partial charge in [0.05, 0.1) is 11.8 Å². The number of benzene rings is 2. The van der Waals surface area contributed by atoms with Crippen LogP contribution in [0.15, 0.2) is 54.6 Å². The van der Waals surface area contributed by atoms with Crippen LogP contribution in [0.25, 0.3) is 11.1 Å². The van der Waals surface area contributed by atoms with Crippen molar-refractivity contribution < 1.29 is 19.1 Å². The third kappa shape index (κ3) is 3.89. The summed E-state index contributed by atoms with van der Waals surface area (Å²) in [7, 11) is 0. The SMILES string of the molecule is O=C(COc1ccc(-c2ccccc2)cc1)N1CCC(N2C(=O)CSC2=O)C1. The van der Waals surface area contributed by atoms with Gasteiger partial charge >= 0.3 is 0 Å². The lowest BCUT2D eigenvalue weighted by atomic mass is 10.1. The van der Waals surface area contributed by atoms with E-state index >= 15 is 0 Å². The van der Waals surface area contributed by atoms with E-state index in [4.69, 9.17) is 4.74 Å². The van der Waals surface area contributed by atoms with Crippen LogP contribution in [0.4, 0.5) is 4.79 Å². The van der Waals surface area contributed by atoms with Gasteiger partial charge in [-0.05, 0) is 29.7 Å². The van der Waals surface area contributed by atoms with E-state index in [1.165, 1.54) is 4.90 Å². The van der Waals surface area contributed by atoms with Crippen molar-refractivity contribution in [1.29, 1.82) is 0 Å². The number of nitrogens with zero attached hydrogens (tertiary/aromatic N) is 2. The number of imide groups is 1. The molecule has 1 atom stereocenters. The Morgan fingerprint density at radius 1 is 1.04 bits per heavy atom. The van der Waals surface area contributed by atoms with Gasteiger partial charge in [-0.1, -0.05) is 54.2 Å². The average molecular weight is 396 g/mol. The molecule has 4 rings (SSSR count). The van der Waals surface area contributed by atoms with Gasteiger partial charge in [-0.2, -0.15) is 0 Å². The molecule has 7 heteroatoms. The highest BCUT2D eigenvalue weighted by molar-refractivity contribution is 8.14. The maximum absolute atomic E-state index is 12.4. The first kappa shape index (κ1) is 18.6. The van der Waals surface area contributed by atoms with Crippen LogP contribution in [-0.4, -0.2) is 58.3 Å². The normalized spacial score (nSPS) is 19.4. The lowest BCUT2D eigenvalue weighted by Gasteiger charge is -2.22. The number of thioether (sulfide) groups is 1. The molecule has 2 heterocycles. The number of hydrogen-bond donors (Lipinski definition) is 0. The van der Waals surface area contributed by atoms with E-state index in [0.29, 0.717) is 25.3 Å². The molecule has 0 N–H and O–H groups in total. The molecule has 0 bridgehead atoms. The molecule has 2 aliphatic rings. The van der Waals surface area contributed by atoms with E-state index in [1.807, 2.05) is 54.6 Å². The maximum atomic E-state index is 12.4. The summed E-state index contributed by atoms with van der Waals surface area (Å²) >= 11 is 1.03. The summed E-state index contributed by atoms with van der Waals surface area (Å²) in [5, 5.41) is -0.209. The van der Waals surface area contributed by atoms with Gasteiger partial charge in [-0.3, -0.25) is 19.3 Å². The summed E-state index contributed by atoms with van der Waals surface area (Å²) in [6.45, 7) is 0.850. The van der Waals surface area contributed by atoms with Crippen LogP contribution in [0.5, 0.6) is 5.75 Å². The molecule has 0 aromatic heterocycles. The van der Waals surface area contributed by atoms with Crippen molar-refractivity contribution in [3.05, 3.63) is 54.6 Å². The topological polar surface area (TPSA) is 66.9 Å². The summed E-state index contributed by atoms with van der Waals surface area (Å²) in [4.78, 5) is 39.1. The molecule has 2 saturated heterocycles. The lowest BCUT2D eigenvalue weighted by Crippen LogP contribution is -2.42. The summed E-state index contributed by atoms with van der Waals surface area (Å²) in [6.07, 6.45) is 0.621. The summed E-state index contributed by atoms with van der Waals surface area (Å²) in [5.41, 5.74) is 2.21. The second kappa shape index (κ2) is 8.06. The number of carbonyl (C=O) groups excluding carboxylic acids is 3. The van der Waals surface area contributed by atoms with Crippen molar-refractivity contribution in [1.82, 2.24) is 9.80 Å². The van der Waals surface area contributed by atoms with Crippen molar-refractivity contribution in [3.63, 3.8) is 0 Å². The van der Waals surface area contributed by atoms with Gasteiger partial charge in [-0.15, -0.1) is 0 Å². The zero-order chi connectivity index (χ0) is 19.5. The van der Waals surface area contributed by atoms with Crippen molar-refractivity contribution in [3.8, 4) is 16.9 Å². The third-order valence-electron chi connectivity index (χ3n) is 4.99. The van der Waals surface area contributed by atoms with Gasteiger partial charge in [0.1, 0.15) is 5.75 Å². The number of rotatable bonds is 5. The lowest BCUT2D eigenvalue weighted by molar-refractivity contribution is -0.133. The Bertz CT molecular complexity index is 869. The predicted molar refractivity (Wildman–Crippen MR) is 107 cm³/mol. The molecular formula is C21H20N2O4S. The summed E-state index contributed by atoms with van der Waals surface area (Å²) in [5.74, 6) is 0.529. The first-order valence-electron chi connectivity index (χ1n) is 9.17. The Labute approximate surface area is 167 Å². The summed E-state index contributed by atoms with van der Waals surface area (Å²) < 4.78 is 5.63. The van der Waals surface area contributed by atoms with E-state index in [9.17, 15) is 14.4 Å². The van der Waals surface area contributed by atoms with Gasteiger partial charge in [0, 0.05) is 13.1 Å². The van der Waals surface area contributed by atoms with Crippen LogP contribution >= 0.6 is 11.8 Å². The van der Waals surface area contributed by atoms with Crippen LogP contribution in [-0.2, 0) is 9.59 Å². The van der Waals surface area contributed by atoms with Gasteiger partial charge < -0.3 is 9.64 Å². The van der Waals surface area contributed by atoms with E-state index in [-0.39, 0.29) is 35.5 Å². The minimum absolute atomic E-state index is 0.0615. The first-order valence-corrected chi connectivity index (χ1v) is 10.2. The van der Waals surface area contributed by atoms with Crippen molar-refractivity contribution in [2.45, 2.75) is 12.5 Å². The molecule has 2 aliphatic heterocycles. The van der Waals surface area contributed by atoms with Crippen LogP contribution in [0.1, 0.15) is 6.42 Å². The minimum atomic E-state index is -0.218. The fraction of sp³-hybridized carbons (Fsp3) is 0.286.